The Bertz CT molecular complexity index is 446. The van der Waals surface area contributed by atoms with Gasteiger partial charge < -0.3 is 9.80 Å². The minimum atomic E-state index is 0.422. The zero-order valence-electron chi connectivity index (χ0n) is 13.3. The van der Waals surface area contributed by atoms with Gasteiger partial charge >= 0.3 is 0 Å². The van der Waals surface area contributed by atoms with Gasteiger partial charge in [-0.3, -0.25) is 4.99 Å². The van der Waals surface area contributed by atoms with E-state index in [0.29, 0.717) is 6.04 Å². The van der Waals surface area contributed by atoms with Gasteiger partial charge in [0.15, 0.2) is 0 Å². The first-order valence-electron chi connectivity index (χ1n) is 7.72. The Labute approximate surface area is 123 Å². The number of hydrogen-bond acceptors (Lipinski definition) is 3. The Balaban J connectivity index is 2.04. The molecule has 20 heavy (non-hydrogen) atoms. The summed E-state index contributed by atoms with van der Waals surface area (Å²) >= 11 is 0. The minimum Gasteiger partial charge on any atom is -0.350 e. The fourth-order valence-electron chi connectivity index (χ4n) is 2.81. The van der Waals surface area contributed by atoms with E-state index in [1.807, 2.05) is 0 Å². The summed E-state index contributed by atoms with van der Waals surface area (Å²) in [5.41, 5.74) is 2.70. The van der Waals surface area contributed by atoms with Gasteiger partial charge in [-0.25, -0.2) is 0 Å². The molecule has 1 heterocycles. The van der Waals surface area contributed by atoms with Crippen LogP contribution in [0.1, 0.15) is 37.9 Å². The Kier molecular flexibility index (Phi) is 5.18. The van der Waals surface area contributed by atoms with Crippen molar-refractivity contribution in [3.05, 3.63) is 35.4 Å². The van der Waals surface area contributed by atoms with Crippen molar-refractivity contribution in [2.75, 3.05) is 32.7 Å². The second kappa shape index (κ2) is 6.89. The van der Waals surface area contributed by atoms with Crippen molar-refractivity contribution in [2.45, 2.75) is 33.7 Å². The molecule has 0 aliphatic carbocycles. The summed E-state index contributed by atoms with van der Waals surface area (Å²) in [6, 6.07) is 9.32. The van der Waals surface area contributed by atoms with E-state index in [-0.39, 0.29) is 0 Å². The molecule has 0 saturated carbocycles. The van der Waals surface area contributed by atoms with E-state index in [4.69, 9.17) is 0 Å². The summed E-state index contributed by atoms with van der Waals surface area (Å²) in [6.45, 7) is 14.0. The van der Waals surface area contributed by atoms with E-state index in [2.05, 4.69) is 66.8 Å². The molecule has 0 N–H and O–H groups in total. The lowest BCUT2D eigenvalue weighted by atomic mass is 10.0. The molecule has 0 radical (unpaired) electrons. The molecule has 1 aliphatic heterocycles. The van der Waals surface area contributed by atoms with Gasteiger partial charge in [0.1, 0.15) is 0 Å². The van der Waals surface area contributed by atoms with E-state index in [9.17, 15) is 0 Å². The number of aryl methyl sites for hydroxylation is 1. The van der Waals surface area contributed by atoms with Crippen molar-refractivity contribution in [1.29, 1.82) is 0 Å². The number of likely N-dealkylation sites (N-methyl/N-ethyl adjacent to an activating group) is 1. The second-order valence-electron chi connectivity index (χ2n) is 5.53. The van der Waals surface area contributed by atoms with E-state index in [1.54, 1.807) is 0 Å². The van der Waals surface area contributed by atoms with Crippen LogP contribution in [0.5, 0.6) is 0 Å². The molecule has 2 rings (SSSR count). The van der Waals surface area contributed by atoms with Crippen molar-refractivity contribution in [2.24, 2.45) is 4.99 Å². The van der Waals surface area contributed by atoms with Crippen molar-refractivity contribution >= 4 is 5.84 Å². The van der Waals surface area contributed by atoms with Crippen LogP contribution in [0.4, 0.5) is 0 Å². The minimum absolute atomic E-state index is 0.422. The molecule has 1 unspecified atom stereocenters. The monoisotopic (exact) mass is 273 g/mol. The quantitative estimate of drug-likeness (QED) is 0.793. The predicted molar refractivity (Wildman–Crippen MR) is 86.4 cm³/mol. The molecule has 1 aromatic carbocycles. The molecule has 1 aromatic rings. The molecule has 1 atom stereocenters. The summed E-state index contributed by atoms with van der Waals surface area (Å²) in [5, 5.41) is 0. The maximum Gasteiger partial charge on any atom is 0.0964 e. The molecule has 0 aromatic heterocycles. The van der Waals surface area contributed by atoms with Crippen LogP contribution in [0.3, 0.4) is 0 Å². The van der Waals surface area contributed by atoms with Crippen LogP contribution in [0.2, 0.25) is 0 Å². The Hall–Kier alpha value is -1.35. The Morgan fingerprint density at radius 2 is 1.80 bits per heavy atom. The molecular weight excluding hydrogens is 246 g/mol. The lowest BCUT2D eigenvalue weighted by Crippen LogP contribution is -2.37. The Morgan fingerprint density at radius 1 is 1.15 bits per heavy atom. The highest BCUT2D eigenvalue weighted by Crippen LogP contribution is 2.26. The van der Waals surface area contributed by atoms with Crippen LogP contribution >= 0.6 is 0 Å². The van der Waals surface area contributed by atoms with Crippen molar-refractivity contribution in [3.8, 4) is 0 Å². The maximum absolute atomic E-state index is 4.65. The first-order valence-corrected chi connectivity index (χ1v) is 7.72. The van der Waals surface area contributed by atoms with E-state index < -0.39 is 0 Å². The standard InChI is InChI=1S/C17H27N3/c1-5-19(6-2)11-12-20-15(4)18-13-17(20)16-9-7-14(3)8-10-16/h7-10,17H,5-6,11-13H2,1-4H3. The molecule has 0 saturated heterocycles. The molecule has 0 spiro atoms. The highest BCUT2D eigenvalue weighted by molar-refractivity contribution is 5.82. The predicted octanol–water partition coefficient (Wildman–Crippen LogP) is 3.11. The molecule has 3 heteroatoms. The smallest absolute Gasteiger partial charge is 0.0964 e. The molecule has 110 valence electrons. The lowest BCUT2D eigenvalue weighted by Gasteiger charge is -2.30. The Morgan fingerprint density at radius 3 is 2.40 bits per heavy atom. The molecule has 0 fully saturated rings. The summed E-state index contributed by atoms with van der Waals surface area (Å²) in [4.78, 5) is 9.58. The van der Waals surface area contributed by atoms with E-state index in [0.717, 1.165) is 32.7 Å². The number of nitrogens with zero attached hydrogens (tertiary/aromatic N) is 3. The average molecular weight is 273 g/mol. The topological polar surface area (TPSA) is 18.8 Å². The van der Waals surface area contributed by atoms with Gasteiger partial charge in [0.25, 0.3) is 0 Å². The summed E-state index contributed by atoms with van der Waals surface area (Å²) < 4.78 is 0. The normalized spacial score (nSPS) is 18.8. The molecule has 1 aliphatic rings. The molecule has 3 nitrogen and oxygen atoms in total. The number of aliphatic imine (C=N–C) groups is 1. The highest BCUT2D eigenvalue weighted by atomic mass is 15.3. The van der Waals surface area contributed by atoms with Crippen LogP contribution in [0.15, 0.2) is 29.3 Å². The largest absolute Gasteiger partial charge is 0.350 e. The third kappa shape index (κ3) is 3.40. The fourth-order valence-corrected chi connectivity index (χ4v) is 2.81. The number of amidine groups is 1. The van der Waals surface area contributed by atoms with E-state index in [1.165, 1.54) is 17.0 Å². The van der Waals surface area contributed by atoms with Gasteiger partial charge in [-0.1, -0.05) is 43.7 Å². The van der Waals surface area contributed by atoms with Gasteiger partial charge in [-0.15, -0.1) is 0 Å². The van der Waals surface area contributed by atoms with Gasteiger partial charge in [0.05, 0.1) is 18.4 Å². The maximum atomic E-state index is 4.65. The zero-order chi connectivity index (χ0) is 14.5. The summed E-state index contributed by atoms with van der Waals surface area (Å²) in [5.74, 6) is 1.18. The van der Waals surface area contributed by atoms with Crippen LogP contribution in [0, 0.1) is 6.92 Å². The SMILES string of the molecule is CCN(CC)CCN1C(C)=NCC1c1ccc(C)cc1. The third-order valence-corrected chi connectivity index (χ3v) is 4.30. The van der Waals surface area contributed by atoms with Crippen molar-refractivity contribution in [1.82, 2.24) is 9.80 Å². The highest BCUT2D eigenvalue weighted by Gasteiger charge is 2.26. The molecule has 0 amide bonds. The van der Waals surface area contributed by atoms with Gasteiger partial charge in [0, 0.05) is 13.1 Å². The molecule has 0 bridgehead atoms. The van der Waals surface area contributed by atoms with Crippen molar-refractivity contribution < 1.29 is 0 Å². The summed E-state index contributed by atoms with van der Waals surface area (Å²) in [6.07, 6.45) is 0. The van der Waals surface area contributed by atoms with Crippen LogP contribution in [-0.4, -0.2) is 48.4 Å². The number of rotatable bonds is 6. The first-order chi connectivity index (χ1) is 9.65. The third-order valence-electron chi connectivity index (χ3n) is 4.30. The van der Waals surface area contributed by atoms with Crippen LogP contribution in [0.25, 0.3) is 0 Å². The van der Waals surface area contributed by atoms with Crippen molar-refractivity contribution in [3.63, 3.8) is 0 Å². The average Bonchev–Trinajstić information content (AvgIpc) is 2.82. The van der Waals surface area contributed by atoms with Crippen LogP contribution in [-0.2, 0) is 0 Å². The van der Waals surface area contributed by atoms with E-state index >= 15 is 0 Å². The first kappa shape index (κ1) is 15.0. The summed E-state index contributed by atoms with van der Waals surface area (Å²) in [7, 11) is 0. The lowest BCUT2D eigenvalue weighted by molar-refractivity contribution is 0.249. The molecular formula is C17H27N3. The van der Waals surface area contributed by atoms with Gasteiger partial charge in [-0.05, 0) is 32.5 Å². The van der Waals surface area contributed by atoms with Gasteiger partial charge in [-0.2, -0.15) is 0 Å². The number of benzene rings is 1. The number of hydrogen-bond donors (Lipinski definition) is 0. The fraction of sp³-hybridized carbons (Fsp3) is 0.588. The van der Waals surface area contributed by atoms with Gasteiger partial charge in [0.2, 0.25) is 0 Å². The second-order valence-corrected chi connectivity index (χ2v) is 5.53. The zero-order valence-corrected chi connectivity index (χ0v) is 13.3. The van der Waals surface area contributed by atoms with Crippen LogP contribution < -0.4 is 0 Å².